The second kappa shape index (κ2) is 14.0. The van der Waals surface area contributed by atoms with Crippen LogP contribution in [0.1, 0.15) is 90.0 Å². The fourth-order valence-corrected chi connectivity index (χ4v) is 5.96. The summed E-state index contributed by atoms with van der Waals surface area (Å²) < 4.78 is 6.61. The minimum atomic E-state index is 0.234. The van der Waals surface area contributed by atoms with Crippen molar-refractivity contribution in [3.05, 3.63) is 36.0 Å². The van der Waals surface area contributed by atoms with Crippen molar-refractivity contribution in [3.8, 4) is 5.75 Å². The first kappa shape index (κ1) is 26.9. The van der Waals surface area contributed by atoms with Gasteiger partial charge in [0.15, 0.2) is 0 Å². The second-order valence-electron chi connectivity index (χ2n) is 11.1. The fraction of sp³-hybridized carbons (Fsp3) is 0.677. The van der Waals surface area contributed by atoms with E-state index in [0.717, 1.165) is 75.3 Å². The largest absolute Gasteiger partial charge is 0.488 e. The molecule has 1 N–H and O–H groups in total. The minimum absolute atomic E-state index is 0.234. The topological polar surface area (TPSA) is 54.5 Å². The van der Waals surface area contributed by atoms with Gasteiger partial charge in [0.1, 0.15) is 17.4 Å². The van der Waals surface area contributed by atoms with Crippen LogP contribution >= 0.6 is 0 Å². The minimum Gasteiger partial charge on any atom is -0.488 e. The van der Waals surface area contributed by atoms with Crippen molar-refractivity contribution in [3.63, 3.8) is 0 Å². The molecule has 5 heteroatoms. The molecule has 0 unspecified atom stereocenters. The molecule has 1 amide bonds. The monoisotopic (exact) mass is 493 g/mol. The maximum atomic E-state index is 12.3. The van der Waals surface area contributed by atoms with E-state index in [0.29, 0.717) is 0 Å². The number of amides is 1. The standard InChI is InChI=1S/C31H47N3O2/c1-3-5-6-7-9-25-21-27-10-8-18-32-30(27)29(22-25)36-28-15-19-34(20-16-28)23-24-11-13-26(14-12-24)31(35)33-17-4-2/h8,10,18,21-22,24,26,28H,3-7,9,11-17,19-20,23H2,1-2H3,(H,33,35). The number of hydrogen-bond acceptors (Lipinski definition) is 4. The van der Waals surface area contributed by atoms with Crippen molar-refractivity contribution in [1.82, 2.24) is 15.2 Å². The Kier molecular flexibility index (Phi) is 10.4. The summed E-state index contributed by atoms with van der Waals surface area (Å²) in [6.45, 7) is 8.56. The first-order valence-corrected chi connectivity index (χ1v) is 14.7. The molecule has 1 aromatic carbocycles. The number of benzene rings is 1. The summed E-state index contributed by atoms with van der Waals surface area (Å²) in [5.41, 5.74) is 2.37. The van der Waals surface area contributed by atoms with E-state index in [-0.39, 0.29) is 17.9 Å². The summed E-state index contributed by atoms with van der Waals surface area (Å²) >= 11 is 0. The van der Waals surface area contributed by atoms with Gasteiger partial charge < -0.3 is 15.0 Å². The summed E-state index contributed by atoms with van der Waals surface area (Å²) in [4.78, 5) is 19.6. The maximum Gasteiger partial charge on any atom is 0.223 e. The molecule has 1 aromatic heterocycles. The van der Waals surface area contributed by atoms with Crippen LogP contribution in [0.15, 0.2) is 30.5 Å². The number of hydrogen-bond donors (Lipinski definition) is 1. The Bertz CT molecular complexity index is 946. The van der Waals surface area contributed by atoms with Gasteiger partial charge in [-0.05, 0) is 87.5 Å². The lowest BCUT2D eigenvalue weighted by Gasteiger charge is -2.36. The van der Waals surface area contributed by atoms with E-state index in [1.807, 2.05) is 12.3 Å². The molecule has 198 valence electrons. The van der Waals surface area contributed by atoms with Crippen molar-refractivity contribution < 1.29 is 9.53 Å². The molecule has 0 bridgehead atoms. The Morgan fingerprint density at radius 3 is 2.58 bits per heavy atom. The summed E-state index contributed by atoms with van der Waals surface area (Å²) in [5, 5.41) is 4.28. The van der Waals surface area contributed by atoms with Gasteiger partial charge in [0.25, 0.3) is 0 Å². The lowest BCUT2D eigenvalue weighted by atomic mass is 9.81. The van der Waals surface area contributed by atoms with Crippen LogP contribution in [0.3, 0.4) is 0 Å². The average Bonchev–Trinajstić information content (AvgIpc) is 2.91. The molecular weight excluding hydrogens is 446 g/mol. The second-order valence-corrected chi connectivity index (χ2v) is 11.1. The highest BCUT2D eigenvalue weighted by Gasteiger charge is 2.29. The summed E-state index contributed by atoms with van der Waals surface area (Å²) in [7, 11) is 0. The van der Waals surface area contributed by atoms with Crippen LogP contribution < -0.4 is 10.1 Å². The van der Waals surface area contributed by atoms with Gasteiger partial charge in [-0.2, -0.15) is 0 Å². The Morgan fingerprint density at radius 1 is 1.03 bits per heavy atom. The zero-order valence-electron chi connectivity index (χ0n) is 22.6. The summed E-state index contributed by atoms with van der Waals surface area (Å²) in [5.74, 6) is 2.21. The van der Waals surface area contributed by atoms with Crippen LogP contribution in [0.4, 0.5) is 0 Å². The molecule has 1 saturated heterocycles. The van der Waals surface area contributed by atoms with Crippen molar-refractivity contribution in [2.75, 3.05) is 26.2 Å². The van der Waals surface area contributed by atoms with E-state index >= 15 is 0 Å². The molecule has 1 saturated carbocycles. The van der Waals surface area contributed by atoms with Crippen LogP contribution in [-0.2, 0) is 11.2 Å². The zero-order valence-corrected chi connectivity index (χ0v) is 22.6. The van der Waals surface area contributed by atoms with Crippen LogP contribution in [0.2, 0.25) is 0 Å². The molecule has 2 fully saturated rings. The third-order valence-electron chi connectivity index (χ3n) is 8.16. The van der Waals surface area contributed by atoms with Gasteiger partial charge in [-0.1, -0.05) is 39.2 Å². The molecule has 1 aliphatic carbocycles. The summed E-state index contributed by atoms with van der Waals surface area (Å²) in [6.07, 6.45) is 16.0. The number of carbonyl (C=O) groups excluding carboxylic acids is 1. The number of unbranched alkanes of at least 4 members (excludes halogenated alkanes) is 3. The first-order chi connectivity index (χ1) is 17.7. The van der Waals surface area contributed by atoms with Gasteiger partial charge in [-0.25, -0.2) is 0 Å². The Morgan fingerprint density at radius 2 is 1.83 bits per heavy atom. The number of rotatable bonds is 12. The van der Waals surface area contributed by atoms with E-state index in [4.69, 9.17) is 4.74 Å². The predicted octanol–water partition coefficient (Wildman–Crippen LogP) is 6.53. The quantitative estimate of drug-likeness (QED) is 0.341. The molecule has 36 heavy (non-hydrogen) atoms. The van der Waals surface area contributed by atoms with E-state index in [1.54, 1.807) is 0 Å². The maximum absolute atomic E-state index is 12.3. The lowest BCUT2D eigenvalue weighted by molar-refractivity contribution is -0.126. The molecule has 0 radical (unpaired) electrons. The summed E-state index contributed by atoms with van der Waals surface area (Å²) in [6, 6.07) is 8.74. The number of ether oxygens (including phenoxy) is 1. The molecular formula is C31H47N3O2. The number of carbonyl (C=O) groups is 1. The number of aryl methyl sites for hydroxylation is 1. The molecule has 2 heterocycles. The number of aromatic nitrogens is 1. The Hall–Kier alpha value is -2.14. The van der Waals surface area contributed by atoms with E-state index in [1.165, 1.54) is 56.0 Å². The smallest absolute Gasteiger partial charge is 0.223 e. The predicted molar refractivity (Wildman–Crippen MR) is 148 cm³/mol. The number of pyridine rings is 1. The van der Waals surface area contributed by atoms with Crippen LogP contribution in [0.5, 0.6) is 5.75 Å². The number of fused-ring (bicyclic) bond motifs is 1. The van der Waals surface area contributed by atoms with Gasteiger partial charge in [0.2, 0.25) is 5.91 Å². The van der Waals surface area contributed by atoms with Gasteiger partial charge >= 0.3 is 0 Å². The molecule has 4 rings (SSSR count). The lowest BCUT2D eigenvalue weighted by Crippen LogP contribution is -2.42. The van der Waals surface area contributed by atoms with E-state index in [2.05, 4.69) is 47.2 Å². The third kappa shape index (κ3) is 7.68. The first-order valence-electron chi connectivity index (χ1n) is 14.7. The number of nitrogens with one attached hydrogen (secondary N) is 1. The normalized spacial score (nSPS) is 21.5. The van der Waals surface area contributed by atoms with Crippen molar-refractivity contribution >= 4 is 16.8 Å². The highest BCUT2D eigenvalue weighted by Crippen LogP contribution is 2.32. The number of likely N-dealkylation sites (tertiary alicyclic amines) is 1. The van der Waals surface area contributed by atoms with Crippen molar-refractivity contribution in [2.24, 2.45) is 11.8 Å². The fourth-order valence-electron chi connectivity index (χ4n) is 5.96. The molecule has 2 aromatic rings. The van der Waals surface area contributed by atoms with Gasteiger partial charge in [0.05, 0.1) is 0 Å². The Balaban J connectivity index is 1.25. The van der Waals surface area contributed by atoms with Gasteiger partial charge in [-0.3, -0.25) is 9.78 Å². The van der Waals surface area contributed by atoms with Gasteiger partial charge in [-0.15, -0.1) is 0 Å². The molecule has 1 aliphatic heterocycles. The highest BCUT2D eigenvalue weighted by atomic mass is 16.5. The molecule has 2 aliphatic rings. The van der Waals surface area contributed by atoms with Crippen molar-refractivity contribution in [2.45, 2.75) is 97.0 Å². The van der Waals surface area contributed by atoms with E-state index in [9.17, 15) is 4.79 Å². The molecule has 0 atom stereocenters. The SMILES string of the molecule is CCCCCCc1cc(OC2CCN(CC3CCC(C(=O)NCCC)CC3)CC2)c2ncccc2c1. The van der Waals surface area contributed by atoms with Crippen LogP contribution in [-0.4, -0.2) is 48.1 Å². The molecule has 0 spiro atoms. The van der Waals surface area contributed by atoms with Crippen LogP contribution in [0, 0.1) is 11.8 Å². The number of piperidine rings is 1. The molecule has 5 nitrogen and oxygen atoms in total. The van der Waals surface area contributed by atoms with Gasteiger partial charge in [0, 0.05) is 43.7 Å². The zero-order chi connectivity index (χ0) is 25.2. The Labute approximate surface area is 218 Å². The number of nitrogens with zero attached hydrogens (tertiary/aromatic N) is 2. The van der Waals surface area contributed by atoms with Crippen molar-refractivity contribution in [1.29, 1.82) is 0 Å². The highest BCUT2D eigenvalue weighted by molar-refractivity contribution is 5.85. The average molecular weight is 494 g/mol. The van der Waals surface area contributed by atoms with E-state index < -0.39 is 0 Å². The van der Waals surface area contributed by atoms with Crippen LogP contribution in [0.25, 0.3) is 10.9 Å². The third-order valence-corrected chi connectivity index (χ3v) is 8.16.